The number of aromatic hydroxyl groups is 1. The predicted molar refractivity (Wildman–Crippen MR) is 71.7 cm³/mol. The Labute approximate surface area is 110 Å². The van der Waals surface area contributed by atoms with Gasteiger partial charge in [0.05, 0.1) is 12.2 Å². The third-order valence-corrected chi connectivity index (χ3v) is 2.70. The fourth-order valence-electron chi connectivity index (χ4n) is 1.83. The second-order valence-corrected chi connectivity index (χ2v) is 4.00. The second kappa shape index (κ2) is 5.44. The average Bonchev–Trinajstić information content (AvgIpc) is 2.39. The molecule has 0 aromatic heterocycles. The number of phenols is 1. The quantitative estimate of drug-likeness (QED) is 0.884. The molecule has 19 heavy (non-hydrogen) atoms. The molecule has 2 N–H and O–H groups in total. The van der Waals surface area contributed by atoms with E-state index in [0.717, 1.165) is 5.56 Å². The number of carboxylic acids is 1. The van der Waals surface area contributed by atoms with E-state index in [2.05, 4.69) is 0 Å². The minimum Gasteiger partial charge on any atom is -0.507 e. The van der Waals surface area contributed by atoms with E-state index in [1.54, 1.807) is 12.1 Å². The number of carboxylic acid groups (broad SMARTS) is 1. The summed E-state index contributed by atoms with van der Waals surface area (Å²) in [5, 5.41) is 18.8. The van der Waals surface area contributed by atoms with Gasteiger partial charge in [0.15, 0.2) is 0 Å². The van der Waals surface area contributed by atoms with Crippen molar-refractivity contribution in [2.24, 2.45) is 0 Å². The molecule has 2 aromatic rings. The lowest BCUT2D eigenvalue weighted by molar-refractivity contribution is 0.0696. The van der Waals surface area contributed by atoms with Crippen LogP contribution >= 0.6 is 0 Å². The van der Waals surface area contributed by atoms with Crippen molar-refractivity contribution in [1.29, 1.82) is 0 Å². The van der Waals surface area contributed by atoms with Gasteiger partial charge >= 0.3 is 5.97 Å². The molecule has 0 aliphatic rings. The molecule has 0 heterocycles. The molecule has 0 saturated carbocycles. The second-order valence-electron chi connectivity index (χ2n) is 4.00. The van der Waals surface area contributed by atoms with Gasteiger partial charge in [0.1, 0.15) is 11.5 Å². The first-order chi connectivity index (χ1) is 9.11. The molecule has 4 heteroatoms. The molecule has 0 bridgehead atoms. The van der Waals surface area contributed by atoms with E-state index in [-0.39, 0.29) is 11.3 Å². The molecule has 0 unspecified atom stereocenters. The minimum absolute atomic E-state index is 0.0576. The minimum atomic E-state index is -1.06. The van der Waals surface area contributed by atoms with Crippen molar-refractivity contribution in [3.8, 4) is 22.6 Å². The van der Waals surface area contributed by atoms with Gasteiger partial charge in [-0.25, -0.2) is 4.79 Å². The van der Waals surface area contributed by atoms with Crippen LogP contribution < -0.4 is 4.74 Å². The Morgan fingerprint density at radius 3 is 2.63 bits per heavy atom. The zero-order valence-corrected chi connectivity index (χ0v) is 10.5. The zero-order chi connectivity index (χ0) is 13.8. The van der Waals surface area contributed by atoms with E-state index >= 15 is 0 Å². The van der Waals surface area contributed by atoms with Gasteiger partial charge < -0.3 is 14.9 Å². The average molecular weight is 258 g/mol. The molecule has 0 aliphatic carbocycles. The number of hydrogen-bond acceptors (Lipinski definition) is 3. The summed E-state index contributed by atoms with van der Waals surface area (Å²) < 4.78 is 5.39. The first-order valence-electron chi connectivity index (χ1n) is 5.91. The molecule has 0 spiro atoms. The van der Waals surface area contributed by atoms with Crippen LogP contribution in [0.25, 0.3) is 11.1 Å². The first kappa shape index (κ1) is 13.0. The number of rotatable bonds is 4. The van der Waals surface area contributed by atoms with Gasteiger partial charge in [-0.05, 0) is 42.8 Å². The largest absolute Gasteiger partial charge is 0.507 e. The SMILES string of the molecule is CCOc1cccc(-c2ccc(C(=O)O)cc2O)c1. The van der Waals surface area contributed by atoms with E-state index in [1.165, 1.54) is 12.1 Å². The Morgan fingerprint density at radius 1 is 1.21 bits per heavy atom. The van der Waals surface area contributed by atoms with Crippen LogP contribution in [0.5, 0.6) is 11.5 Å². The Kier molecular flexibility index (Phi) is 3.71. The molecule has 0 amide bonds. The van der Waals surface area contributed by atoms with Crippen LogP contribution in [0.15, 0.2) is 42.5 Å². The van der Waals surface area contributed by atoms with Crippen molar-refractivity contribution >= 4 is 5.97 Å². The predicted octanol–water partition coefficient (Wildman–Crippen LogP) is 3.16. The summed E-state index contributed by atoms with van der Waals surface area (Å²) in [6.07, 6.45) is 0. The maximum Gasteiger partial charge on any atom is 0.335 e. The molecular weight excluding hydrogens is 244 g/mol. The third-order valence-electron chi connectivity index (χ3n) is 2.70. The van der Waals surface area contributed by atoms with E-state index in [9.17, 15) is 9.90 Å². The molecule has 0 radical (unpaired) electrons. The highest BCUT2D eigenvalue weighted by atomic mass is 16.5. The summed E-state index contributed by atoms with van der Waals surface area (Å²) in [5.41, 5.74) is 1.41. The van der Waals surface area contributed by atoms with Gasteiger partial charge in [-0.3, -0.25) is 0 Å². The van der Waals surface area contributed by atoms with Gasteiger partial charge in [-0.2, -0.15) is 0 Å². The van der Waals surface area contributed by atoms with E-state index in [1.807, 2.05) is 25.1 Å². The smallest absolute Gasteiger partial charge is 0.335 e. The van der Waals surface area contributed by atoms with Crippen LogP contribution in [0.1, 0.15) is 17.3 Å². The summed E-state index contributed by atoms with van der Waals surface area (Å²) in [6, 6.07) is 11.6. The van der Waals surface area contributed by atoms with E-state index < -0.39 is 5.97 Å². The summed E-state index contributed by atoms with van der Waals surface area (Å²) >= 11 is 0. The lowest BCUT2D eigenvalue weighted by Gasteiger charge is -2.08. The van der Waals surface area contributed by atoms with Crippen LogP contribution in [-0.4, -0.2) is 22.8 Å². The van der Waals surface area contributed by atoms with Gasteiger partial charge in [-0.1, -0.05) is 12.1 Å². The van der Waals surface area contributed by atoms with Crippen molar-refractivity contribution in [2.75, 3.05) is 6.61 Å². The molecular formula is C15H14O4. The topological polar surface area (TPSA) is 66.8 Å². The maximum atomic E-state index is 10.8. The lowest BCUT2D eigenvalue weighted by Crippen LogP contribution is -1.96. The monoisotopic (exact) mass is 258 g/mol. The lowest BCUT2D eigenvalue weighted by atomic mass is 10.0. The summed E-state index contributed by atoms with van der Waals surface area (Å²) in [5.74, 6) is -0.417. The molecule has 0 atom stereocenters. The fraction of sp³-hybridized carbons (Fsp3) is 0.133. The molecule has 2 rings (SSSR count). The first-order valence-corrected chi connectivity index (χ1v) is 5.91. The summed E-state index contributed by atoms with van der Waals surface area (Å²) in [4.78, 5) is 10.8. The number of hydrogen-bond donors (Lipinski definition) is 2. The maximum absolute atomic E-state index is 10.8. The molecule has 0 aliphatic heterocycles. The Morgan fingerprint density at radius 2 is 2.00 bits per heavy atom. The van der Waals surface area contributed by atoms with Crippen LogP contribution in [0.4, 0.5) is 0 Å². The van der Waals surface area contributed by atoms with Crippen molar-refractivity contribution in [2.45, 2.75) is 6.92 Å². The molecule has 0 saturated heterocycles. The Balaban J connectivity index is 2.41. The Hall–Kier alpha value is -2.49. The number of aromatic carboxylic acids is 1. The van der Waals surface area contributed by atoms with Crippen LogP contribution in [0.2, 0.25) is 0 Å². The van der Waals surface area contributed by atoms with Crippen molar-refractivity contribution < 1.29 is 19.7 Å². The summed E-state index contributed by atoms with van der Waals surface area (Å²) in [6.45, 7) is 2.46. The van der Waals surface area contributed by atoms with Gasteiger partial charge in [0.25, 0.3) is 0 Å². The van der Waals surface area contributed by atoms with Crippen molar-refractivity contribution in [1.82, 2.24) is 0 Å². The van der Waals surface area contributed by atoms with Crippen molar-refractivity contribution in [3.63, 3.8) is 0 Å². The van der Waals surface area contributed by atoms with Gasteiger partial charge in [-0.15, -0.1) is 0 Å². The number of benzene rings is 2. The standard InChI is InChI=1S/C15H14O4/c1-2-19-12-5-3-4-10(8-12)13-7-6-11(15(17)18)9-14(13)16/h3-9,16H,2H2,1H3,(H,17,18). The Bertz CT molecular complexity index is 605. The zero-order valence-electron chi connectivity index (χ0n) is 10.5. The number of ether oxygens (including phenoxy) is 1. The highest BCUT2D eigenvalue weighted by Gasteiger charge is 2.09. The van der Waals surface area contributed by atoms with Gasteiger partial charge in [0, 0.05) is 5.56 Å². The van der Waals surface area contributed by atoms with Crippen LogP contribution in [0, 0.1) is 0 Å². The van der Waals surface area contributed by atoms with Crippen LogP contribution in [0.3, 0.4) is 0 Å². The number of carbonyl (C=O) groups is 1. The van der Waals surface area contributed by atoms with E-state index in [4.69, 9.17) is 9.84 Å². The number of phenolic OH excluding ortho intramolecular Hbond substituents is 1. The van der Waals surface area contributed by atoms with Gasteiger partial charge in [0.2, 0.25) is 0 Å². The van der Waals surface area contributed by atoms with Crippen LogP contribution in [-0.2, 0) is 0 Å². The molecule has 0 fully saturated rings. The fourth-order valence-corrected chi connectivity index (χ4v) is 1.83. The molecule has 4 nitrogen and oxygen atoms in total. The normalized spacial score (nSPS) is 10.2. The highest BCUT2D eigenvalue weighted by Crippen LogP contribution is 2.31. The third kappa shape index (κ3) is 2.85. The highest BCUT2D eigenvalue weighted by molar-refractivity contribution is 5.89. The molecule has 98 valence electrons. The summed E-state index contributed by atoms with van der Waals surface area (Å²) in [7, 11) is 0. The molecule has 2 aromatic carbocycles. The van der Waals surface area contributed by atoms with Crippen molar-refractivity contribution in [3.05, 3.63) is 48.0 Å². The van der Waals surface area contributed by atoms with E-state index in [0.29, 0.717) is 17.9 Å².